The van der Waals surface area contributed by atoms with E-state index in [-0.39, 0.29) is 5.75 Å². The number of aryl methyl sites for hydroxylation is 2. The minimum absolute atomic E-state index is 0.0464. The molecule has 2 aromatic rings. The minimum atomic E-state index is -1.21. The maximum Gasteiger partial charge on any atom is 0.321 e. The van der Waals surface area contributed by atoms with E-state index in [0.717, 1.165) is 16.0 Å². The van der Waals surface area contributed by atoms with Crippen LogP contribution in [-0.4, -0.2) is 34.0 Å². The number of benzene rings is 2. The molecule has 144 valence electrons. The second-order valence-corrected chi connectivity index (χ2v) is 7.43. The molecule has 2 saturated heterocycles. The number of carbonyl (C=O) groups excluding carboxylic acids is 2. The van der Waals surface area contributed by atoms with Gasteiger partial charge in [-0.2, -0.15) is 0 Å². The molecule has 0 radical (unpaired) electrons. The fourth-order valence-electron chi connectivity index (χ4n) is 4.41. The van der Waals surface area contributed by atoms with E-state index < -0.39 is 41.7 Å². The Labute approximate surface area is 161 Å². The molecule has 2 heterocycles. The van der Waals surface area contributed by atoms with E-state index in [1.807, 2.05) is 19.9 Å². The molecule has 7 heteroatoms. The number of nitrogens with zero attached hydrogens (tertiary/aromatic N) is 1. The summed E-state index contributed by atoms with van der Waals surface area (Å²) in [5.41, 5.74) is 2.65. The number of amides is 2. The first kappa shape index (κ1) is 18.2. The normalized spacial score (nSPS) is 26.6. The van der Waals surface area contributed by atoms with Gasteiger partial charge in [0.15, 0.2) is 0 Å². The molecule has 0 aromatic heterocycles. The molecule has 28 heavy (non-hydrogen) atoms. The number of hydrogen-bond donors (Lipinski definition) is 3. The van der Waals surface area contributed by atoms with Crippen LogP contribution in [0, 0.1) is 25.7 Å². The van der Waals surface area contributed by atoms with Crippen LogP contribution in [0.25, 0.3) is 0 Å². The quantitative estimate of drug-likeness (QED) is 0.703. The van der Waals surface area contributed by atoms with Crippen LogP contribution < -0.4 is 10.2 Å². The van der Waals surface area contributed by atoms with Crippen molar-refractivity contribution >= 4 is 23.5 Å². The van der Waals surface area contributed by atoms with Gasteiger partial charge in [-0.15, -0.1) is 0 Å². The topological polar surface area (TPSA) is 107 Å². The molecule has 0 saturated carbocycles. The SMILES string of the molecule is Cc1cc(C)cc(N2C(=O)[C@H]3[C@H](C2=O)[C@H](c2ccccc2O)N[C@@H]3C(=O)O)c1. The summed E-state index contributed by atoms with van der Waals surface area (Å²) in [7, 11) is 0. The summed E-state index contributed by atoms with van der Waals surface area (Å²) >= 11 is 0. The number of carbonyl (C=O) groups is 3. The number of nitrogens with one attached hydrogen (secondary N) is 1. The van der Waals surface area contributed by atoms with E-state index in [1.54, 1.807) is 30.3 Å². The van der Waals surface area contributed by atoms with Crippen molar-refractivity contribution < 1.29 is 24.6 Å². The highest BCUT2D eigenvalue weighted by Crippen LogP contribution is 2.47. The standard InChI is InChI=1S/C21H20N2O5/c1-10-7-11(2)9-12(8-10)23-19(25)15-16(20(23)26)18(21(27)28)22-17(15)13-5-3-4-6-14(13)24/h3-9,15-18,22,24H,1-2H3,(H,27,28)/t15-,16-,17-,18-/m0/s1. The zero-order chi connectivity index (χ0) is 20.2. The number of phenols is 1. The largest absolute Gasteiger partial charge is 0.508 e. The molecule has 2 aliphatic rings. The van der Waals surface area contributed by atoms with Crippen LogP contribution in [-0.2, 0) is 14.4 Å². The van der Waals surface area contributed by atoms with Crippen molar-refractivity contribution in [3.63, 3.8) is 0 Å². The van der Waals surface area contributed by atoms with Gasteiger partial charge in [0, 0.05) is 11.6 Å². The molecule has 7 nitrogen and oxygen atoms in total. The average Bonchev–Trinajstić information content (AvgIpc) is 3.12. The second kappa shape index (κ2) is 6.45. The monoisotopic (exact) mass is 380 g/mol. The number of imide groups is 1. The number of aliphatic carboxylic acids is 1. The van der Waals surface area contributed by atoms with Crippen molar-refractivity contribution in [3.05, 3.63) is 59.2 Å². The highest BCUT2D eigenvalue weighted by Gasteiger charge is 2.61. The summed E-state index contributed by atoms with van der Waals surface area (Å²) in [5.74, 6) is -4.16. The summed E-state index contributed by atoms with van der Waals surface area (Å²) in [6, 6.07) is 9.88. The predicted octanol–water partition coefficient (Wildman–Crippen LogP) is 1.91. The van der Waals surface area contributed by atoms with E-state index in [4.69, 9.17) is 0 Å². The van der Waals surface area contributed by atoms with Crippen molar-refractivity contribution in [2.45, 2.75) is 25.9 Å². The Morgan fingerprint density at radius 1 is 1.00 bits per heavy atom. The Morgan fingerprint density at radius 3 is 2.21 bits per heavy atom. The molecule has 0 spiro atoms. The van der Waals surface area contributed by atoms with Gasteiger partial charge in [0.05, 0.1) is 17.5 Å². The molecule has 2 aliphatic heterocycles. The summed E-state index contributed by atoms with van der Waals surface area (Å²) in [6.07, 6.45) is 0. The van der Waals surface area contributed by atoms with E-state index in [0.29, 0.717) is 11.3 Å². The molecule has 0 aliphatic carbocycles. The zero-order valence-electron chi connectivity index (χ0n) is 15.4. The number of carboxylic acids is 1. The van der Waals surface area contributed by atoms with Gasteiger partial charge in [0.1, 0.15) is 11.8 Å². The maximum absolute atomic E-state index is 13.3. The summed E-state index contributed by atoms with van der Waals surface area (Å²) < 4.78 is 0. The van der Waals surface area contributed by atoms with Crippen molar-refractivity contribution in [1.82, 2.24) is 5.32 Å². The number of fused-ring (bicyclic) bond motifs is 1. The fourth-order valence-corrected chi connectivity index (χ4v) is 4.41. The van der Waals surface area contributed by atoms with E-state index >= 15 is 0 Å². The lowest BCUT2D eigenvalue weighted by molar-refractivity contribution is -0.142. The van der Waals surface area contributed by atoms with Crippen LogP contribution in [0.2, 0.25) is 0 Å². The average molecular weight is 380 g/mol. The van der Waals surface area contributed by atoms with E-state index in [9.17, 15) is 24.6 Å². The lowest BCUT2D eigenvalue weighted by Gasteiger charge is -2.22. The molecule has 2 fully saturated rings. The minimum Gasteiger partial charge on any atom is -0.508 e. The number of anilines is 1. The summed E-state index contributed by atoms with van der Waals surface area (Å²) in [5, 5.41) is 22.7. The number of phenolic OH excluding ortho intramolecular Hbond substituents is 1. The van der Waals surface area contributed by atoms with E-state index in [2.05, 4.69) is 5.32 Å². The van der Waals surface area contributed by atoms with Crippen molar-refractivity contribution in [2.75, 3.05) is 4.90 Å². The molecule has 2 amide bonds. The van der Waals surface area contributed by atoms with Gasteiger partial charge in [0.2, 0.25) is 11.8 Å². The van der Waals surface area contributed by atoms with Gasteiger partial charge in [-0.1, -0.05) is 24.3 Å². The van der Waals surface area contributed by atoms with Crippen molar-refractivity contribution in [2.24, 2.45) is 11.8 Å². The van der Waals surface area contributed by atoms with Gasteiger partial charge in [0.25, 0.3) is 0 Å². The highest BCUT2D eigenvalue weighted by atomic mass is 16.4. The number of rotatable bonds is 3. The smallest absolute Gasteiger partial charge is 0.321 e. The first-order valence-corrected chi connectivity index (χ1v) is 9.02. The van der Waals surface area contributed by atoms with Crippen LogP contribution in [0.4, 0.5) is 5.69 Å². The molecule has 4 atom stereocenters. The first-order chi connectivity index (χ1) is 13.3. The molecule has 4 rings (SSSR count). The number of hydrogen-bond acceptors (Lipinski definition) is 5. The Bertz CT molecular complexity index is 982. The Kier molecular flexibility index (Phi) is 4.19. The molecule has 0 bridgehead atoms. The van der Waals surface area contributed by atoms with Crippen LogP contribution in [0.1, 0.15) is 22.7 Å². The van der Waals surface area contributed by atoms with Gasteiger partial charge < -0.3 is 10.2 Å². The maximum atomic E-state index is 13.3. The number of para-hydroxylation sites is 1. The summed E-state index contributed by atoms with van der Waals surface area (Å²) in [6.45, 7) is 3.74. The first-order valence-electron chi connectivity index (χ1n) is 9.02. The molecule has 3 N–H and O–H groups in total. The van der Waals surface area contributed by atoms with Crippen molar-refractivity contribution in [1.29, 1.82) is 0 Å². The Balaban J connectivity index is 1.81. The van der Waals surface area contributed by atoms with Crippen LogP contribution in [0.15, 0.2) is 42.5 Å². The van der Waals surface area contributed by atoms with Crippen LogP contribution in [0.3, 0.4) is 0 Å². The van der Waals surface area contributed by atoms with Gasteiger partial charge in [-0.3, -0.25) is 19.7 Å². The predicted molar refractivity (Wildman–Crippen MR) is 101 cm³/mol. The Morgan fingerprint density at radius 2 is 1.61 bits per heavy atom. The van der Waals surface area contributed by atoms with Gasteiger partial charge >= 0.3 is 5.97 Å². The van der Waals surface area contributed by atoms with Gasteiger partial charge in [-0.05, 0) is 43.2 Å². The van der Waals surface area contributed by atoms with E-state index in [1.165, 1.54) is 6.07 Å². The second-order valence-electron chi connectivity index (χ2n) is 7.43. The molecular weight excluding hydrogens is 360 g/mol. The highest BCUT2D eigenvalue weighted by molar-refractivity contribution is 6.23. The van der Waals surface area contributed by atoms with Crippen molar-refractivity contribution in [3.8, 4) is 5.75 Å². The fraction of sp³-hybridized carbons (Fsp3) is 0.286. The van der Waals surface area contributed by atoms with Gasteiger partial charge in [-0.25, -0.2) is 4.90 Å². The molecular formula is C21H20N2O5. The number of carboxylic acid groups (broad SMARTS) is 1. The summed E-state index contributed by atoms with van der Waals surface area (Å²) in [4.78, 5) is 39.3. The lowest BCUT2D eigenvalue weighted by Crippen LogP contribution is -2.43. The zero-order valence-corrected chi connectivity index (χ0v) is 15.4. The van der Waals surface area contributed by atoms with Crippen LogP contribution >= 0.6 is 0 Å². The molecule has 2 aromatic carbocycles. The third kappa shape index (κ3) is 2.66. The molecule has 0 unspecified atom stereocenters. The lowest BCUT2D eigenvalue weighted by atomic mass is 9.86. The van der Waals surface area contributed by atoms with Crippen LogP contribution in [0.5, 0.6) is 5.75 Å². The third-order valence-corrected chi connectivity index (χ3v) is 5.48. The third-order valence-electron chi connectivity index (χ3n) is 5.48. The Hall–Kier alpha value is -3.19. The number of aromatic hydroxyl groups is 1.